The van der Waals surface area contributed by atoms with Gasteiger partial charge < -0.3 is 10.6 Å². The Bertz CT molecular complexity index is 786. The van der Waals surface area contributed by atoms with Crippen LogP contribution < -0.4 is 10.6 Å². The molecule has 0 saturated heterocycles. The highest BCUT2D eigenvalue weighted by Crippen LogP contribution is 2.30. The second kappa shape index (κ2) is 10.3. The fraction of sp³-hybridized carbons (Fsp3) is 0.391. The molecule has 0 spiro atoms. The van der Waals surface area contributed by atoms with E-state index in [0.29, 0.717) is 17.3 Å². The summed E-state index contributed by atoms with van der Waals surface area (Å²) in [7, 11) is 0. The zero-order valence-corrected chi connectivity index (χ0v) is 16.8. The topological polar surface area (TPSA) is 58.2 Å². The van der Waals surface area contributed by atoms with Crippen LogP contribution in [-0.2, 0) is 16.0 Å². The summed E-state index contributed by atoms with van der Waals surface area (Å²) >= 11 is 6.10. The van der Waals surface area contributed by atoms with E-state index in [1.807, 2.05) is 30.3 Å². The molecule has 2 amide bonds. The Morgan fingerprint density at radius 3 is 2.14 bits per heavy atom. The lowest BCUT2D eigenvalue weighted by molar-refractivity contribution is -0.128. The fourth-order valence-electron chi connectivity index (χ4n) is 3.71. The molecule has 0 heterocycles. The largest absolute Gasteiger partial charge is 0.356 e. The first-order chi connectivity index (χ1) is 13.6. The first-order valence-electron chi connectivity index (χ1n) is 10.0. The van der Waals surface area contributed by atoms with Gasteiger partial charge in [-0.25, -0.2) is 0 Å². The maximum absolute atomic E-state index is 12.5. The number of aryl methyl sites for hydroxylation is 1. The van der Waals surface area contributed by atoms with E-state index in [1.54, 1.807) is 12.1 Å². The third kappa shape index (κ3) is 5.83. The quantitative estimate of drug-likeness (QED) is 0.656. The summed E-state index contributed by atoms with van der Waals surface area (Å²) < 4.78 is 0. The van der Waals surface area contributed by atoms with Gasteiger partial charge in [-0.05, 0) is 56.2 Å². The van der Waals surface area contributed by atoms with Gasteiger partial charge in [0.1, 0.15) is 0 Å². The molecule has 2 aromatic rings. The number of nitrogens with one attached hydrogen (secondary N) is 2. The van der Waals surface area contributed by atoms with E-state index < -0.39 is 0 Å². The van der Waals surface area contributed by atoms with Crippen LogP contribution in [0.3, 0.4) is 0 Å². The van der Waals surface area contributed by atoms with Crippen LogP contribution in [0, 0.1) is 11.8 Å². The molecule has 3 rings (SSSR count). The molecule has 0 aliphatic heterocycles. The van der Waals surface area contributed by atoms with Gasteiger partial charge in [0.05, 0.1) is 10.7 Å². The number of halogens is 1. The SMILES string of the molecule is O=C(NCCCc1ccccc1)C1CCC(C(=O)Nc2ccccc2Cl)CC1. The van der Waals surface area contributed by atoms with E-state index in [0.717, 1.165) is 38.5 Å². The second-order valence-electron chi connectivity index (χ2n) is 7.40. The lowest BCUT2D eigenvalue weighted by Gasteiger charge is -2.27. The number of amides is 2. The molecular formula is C23H27ClN2O2. The highest BCUT2D eigenvalue weighted by atomic mass is 35.5. The van der Waals surface area contributed by atoms with Crippen LogP contribution in [0.4, 0.5) is 5.69 Å². The number of carbonyl (C=O) groups is 2. The zero-order chi connectivity index (χ0) is 19.8. The summed E-state index contributed by atoms with van der Waals surface area (Å²) in [6.07, 6.45) is 4.88. The average Bonchev–Trinajstić information content (AvgIpc) is 2.73. The normalized spacial score (nSPS) is 19.0. The molecule has 0 bridgehead atoms. The van der Waals surface area contributed by atoms with Crippen molar-refractivity contribution in [1.29, 1.82) is 0 Å². The van der Waals surface area contributed by atoms with Gasteiger partial charge in [-0.15, -0.1) is 0 Å². The molecule has 1 saturated carbocycles. The van der Waals surface area contributed by atoms with Crippen LogP contribution in [-0.4, -0.2) is 18.4 Å². The van der Waals surface area contributed by atoms with Gasteiger partial charge in [0, 0.05) is 18.4 Å². The highest BCUT2D eigenvalue weighted by Gasteiger charge is 2.30. The van der Waals surface area contributed by atoms with Crippen LogP contribution in [0.5, 0.6) is 0 Å². The molecule has 0 radical (unpaired) electrons. The van der Waals surface area contributed by atoms with Gasteiger partial charge in [-0.3, -0.25) is 9.59 Å². The van der Waals surface area contributed by atoms with Gasteiger partial charge in [0.25, 0.3) is 0 Å². The Labute approximate surface area is 171 Å². The summed E-state index contributed by atoms with van der Waals surface area (Å²) in [6, 6.07) is 17.5. The Kier molecular flexibility index (Phi) is 7.49. The minimum absolute atomic E-state index is 0.00480. The monoisotopic (exact) mass is 398 g/mol. The van der Waals surface area contributed by atoms with E-state index in [1.165, 1.54) is 5.56 Å². The van der Waals surface area contributed by atoms with Crippen molar-refractivity contribution < 1.29 is 9.59 Å². The summed E-state index contributed by atoms with van der Waals surface area (Å²) in [5.41, 5.74) is 1.94. The van der Waals surface area contributed by atoms with Gasteiger partial charge in [-0.2, -0.15) is 0 Å². The number of anilines is 1. The van der Waals surface area contributed by atoms with E-state index in [4.69, 9.17) is 11.6 Å². The van der Waals surface area contributed by atoms with E-state index in [-0.39, 0.29) is 23.7 Å². The summed E-state index contributed by atoms with van der Waals surface area (Å²) in [5.74, 6) is 0.0762. The minimum Gasteiger partial charge on any atom is -0.356 e. The molecule has 0 unspecified atom stereocenters. The summed E-state index contributed by atoms with van der Waals surface area (Å²) in [5, 5.41) is 6.51. The molecule has 2 aromatic carbocycles. The molecule has 28 heavy (non-hydrogen) atoms. The standard InChI is InChI=1S/C23H27ClN2O2/c24-20-10-4-5-11-21(20)26-23(28)19-14-12-18(13-15-19)22(27)25-16-6-9-17-7-2-1-3-8-17/h1-5,7-8,10-11,18-19H,6,9,12-16H2,(H,25,27)(H,26,28). The van der Waals surface area contributed by atoms with Gasteiger partial charge in [-0.1, -0.05) is 54.1 Å². The molecular weight excluding hydrogens is 372 g/mol. The maximum Gasteiger partial charge on any atom is 0.227 e. The van der Waals surface area contributed by atoms with Crippen LogP contribution in [0.25, 0.3) is 0 Å². The molecule has 5 heteroatoms. The molecule has 1 aliphatic rings. The predicted octanol–water partition coefficient (Wildman–Crippen LogP) is 4.83. The Morgan fingerprint density at radius 1 is 0.857 bits per heavy atom. The lowest BCUT2D eigenvalue weighted by atomic mass is 9.81. The second-order valence-corrected chi connectivity index (χ2v) is 7.81. The lowest BCUT2D eigenvalue weighted by Crippen LogP contribution is -2.36. The van der Waals surface area contributed by atoms with Crippen molar-refractivity contribution >= 4 is 29.1 Å². The molecule has 0 atom stereocenters. The van der Waals surface area contributed by atoms with Crippen molar-refractivity contribution in [3.63, 3.8) is 0 Å². The van der Waals surface area contributed by atoms with Gasteiger partial charge in [0.15, 0.2) is 0 Å². The third-order valence-corrected chi connectivity index (χ3v) is 5.71. The van der Waals surface area contributed by atoms with Crippen molar-refractivity contribution in [3.8, 4) is 0 Å². The van der Waals surface area contributed by atoms with Crippen LogP contribution >= 0.6 is 11.6 Å². The zero-order valence-electron chi connectivity index (χ0n) is 16.0. The smallest absolute Gasteiger partial charge is 0.227 e. The maximum atomic E-state index is 12.5. The molecule has 2 N–H and O–H groups in total. The van der Waals surface area contributed by atoms with Gasteiger partial charge in [0.2, 0.25) is 11.8 Å². The number of carbonyl (C=O) groups excluding carboxylic acids is 2. The van der Waals surface area contributed by atoms with Crippen molar-refractivity contribution in [2.24, 2.45) is 11.8 Å². The fourth-order valence-corrected chi connectivity index (χ4v) is 3.89. The average molecular weight is 399 g/mol. The summed E-state index contributed by atoms with van der Waals surface area (Å²) in [4.78, 5) is 24.9. The van der Waals surface area contributed by atoms with E-state index in [9.17, 15) is 9.59 Å². The molecule has 4 nitrogen and oxygen atoms in total. The predicted molar refractivity (Wildman–Crippen MR) is 113 cm³/mol. The van der Waals surface area contributed by atoms with Gasteiger partial charge >= 0.3 is 0 Å². The number of para-hydroxylation sites is 1. The minimum atomic E-state index is -0.0570. The van der Waals surface area contributed by atoms with Crippen LogP contribution in [0.2, 0.25) is 5.02 Å². The molecule has 148 valence electrons. The van der Waals surface area contributed by atoms with Crippen molar-refractivity contribution in [2.45, 2.75) is 38.5 Å². The van der Waals surface area contributed by atoms with E-state index >= 15 is 0 Å². The Hall–Kier alpha value is -2.33. The molecule has 1 aliphatic carbocycles. The van der Waals surface area contributed by atoms with E-state index in [2.05, 4.69) is 22.8 Å². The van der Waals surface area contributed by atoms with Crippen molar-refractivity contribution in [1.82, 2.24) is 5.32 Å². The number of hydrogen-bond acceptors (Lipinski definition) is 2. The molecule has 0 aromatic heterocycles. The van der Waals surface area contributed by atoms with Crippen LogP contribution in [0.1, 0.15) is 37.7 Å². The number of benzene rings is 2. The Morgan fingerprint density at radius 2 is 1.46 bits per heavy atom. The Balaban J connectivity index is 1.36. The molecule has 1 fully saturated rings. The van der Waals surface area contributed by atoms with Crippen molar-refractivity contribution in [2.75, 3.05) is 11.9 Å². The van der Waals surface area contributed by atoms with Crippen LogP contribution in [0.15, 0.2) is 54.6 Å². The number of rotatable bonds is 7. The summed E-state index contributed by atoms with van der Waals surface area (Å²) in [6.45, 7) is 0.695. The third-order valence-electron chi connectivity index (χ3n) is 5.38. The first-order valence-corrected chi connectivity index (χ1v) is 10.4. The number of hydrogen-bond donors (Lipinski definition) is 2. The first kappa shape index (κ1) is 20.4. The highest BCUT2D eigenvalue weighted by molar-refractivity contribution is 6.33. The van der Waals surface area contributed by atoms with Crippen molar-refractivity contribution in [3.05, 3.63) is 65.2 Å².